The lowest BCUT2D eigenvalue weighted by atomic mass is 10.0. The lowest BCUT2D eigenvalue weighted by molar-refractivity contribution is -0.138. The number of hydrogen-bond donors (Lipinski definition) is 2. The van der Waals surface area contributed by atoms with Gasteiger partial charge in [0, 0.05) is 38.4 Å². The second kappa shape index (κ2) is 12.1. The fourth-order valence-corrected chi connectivity index (χ4v) is 4.81. The topological polar surface area (TPSA) is 100 Å². The molecule has 220 valence electrons. The molecule has 0 aliphatic carbocycles. The van der Waals surface area contributed by atoms with Gasteiger partial charge >= 0.3 is 6.18 Å². The highest BCUT2D eigenvalue weighted by atomic mass is 19.4. The van der Waals surface area contributed by atoms with E-state index in [1.165, 1.54) is 53.6 Å². The summed E-state index contributed by atoms with van der Waals surface area (Å²) in [4.78, 5) is 16.9. The molecule has 1 aliphatic heterocycles. The van der Waals surface area contributed by atoms with Gasteiger partial charge in [-0.25, -0.2) is 9.07 Å². The Labute approximate surface area is 238 Å². The maximum Gasteiger partial charge on any atom is 0.422 e. The summed E-state index contributed by atoms with van der Waals surface area (Å²) in [5, 5.41) is 17.4. The molecule has 1 amide bonds. The Morgan fingerprint density at radius 2 is 1.88 bits per heavy atom. The predicted molar refractivity (Wildman–Crippen MR) is 148 cm³/mol. The molecular weight excluding hydrogens is 556 g/mol. The second-order valence-corrected chi connectivity index (χ2v) is 9.70. The fourth-order valence-electron chi connectivity index (χ4n) is 4.81. The molecule has 1 fully saturated rings. The van der Waals surface area contributed by atoms with Crippen molar-refractivity contribution in [1.29, 1.82) is 0 Å². The Morgan fingerprint density at radius 1 is 1.07 bits per heavy atom. The predicted octanol–water partition coefficient (Wildman–Crippen LogP) is 4.20. The van der Waals surface area contributed by atoms with Gasteiger partial charge in [-0.05, 0) is 50.5 Å². The summed E-state index contributed by atoms with van der Waals surface area (Å²) in [7, 11) is 3.67. The van der Waals surface area contributed by atoms with Crippen LogP contribution in [0.4, 0.5) is 28.9 Å². The molecule has 3 heterocycles. The van der Waals surface area contributed by atoms with Gasteiger partial charge in [-0.2, -0.15) is 28.5 Å². The first-order chi connectivity index (χ1) is 20.2. The first-order valence-electron chi connectivity index (χ1n) is 13.1. The van der Waals surface area contributed by atoms with Crippen molar-refractivity contribution in [3.63, 3.8) is 0 Å². The normalized spacial score (nSPS) is 16.0. The molecule has 1 atom stereocenters. The number of carbonyl (C=O) groups is 1. The number of rotatable bonds is 8. The zero-order chi connectivity index (χ0) is 29.9. The molecule has 0 unspecified atom stereocenters. The Bertz CT molecular complexity index is 1550. The number of hydrogen-bond acceptors (Lipinski definition) is 8. The lowest BCUT2D eigenvalue weighted by Gasteiger charge is -2.42. The van der Waals surface area contributed by atoms with E-state index in [1.54, 1.807) is 18.0 Å². The van der Waals surface area contributed by atoms with Crippen LogP contribution in [0, 0.1) is 5.82 Å². The molecule has 0 radical (unpaired) electrons. The number of carbonyl (C=O) groups excluding carboxylic acids is 1. The van der Waals surface area contributed by atoms with E-state index < -0.39 is 29.2 Å². The first kappa shape index (κ1) is 29.0. The van der Waals surface area contributed by atoms with Crippen molar-refractivity contribution >= 4 is 17.3 Å². The van der Waals surface area contributed by atoms with Crippen LogP contribution in [0.1, 0.15) is 16.1 Å². The summed E-state index contributed by atoms with van der Waals surface area (Å²) in [5.41, 5.74) is -0.946. The lowest BCUT2D eigenvalue weighted by Crippen LogP contribution is -2.55. The van der Waals surface area contributed by atoms with Crippen molar-refractivity contribution in [1.82, 2.24) is 30.2 Å². The van der Waals surface area contributed by atoms with E-state index in [2.05, 4.69) is 30.8 Å². The number of amides is 1. The van der Waals surface area contributed by atoms with Crippen molar-refractivity contribution < 1.29 is 27.1 Å². The number of benzene rings is 2. The maximum atomic E-state index is 14.9. The number of aromatic nitrogens is 4. The second-order valence-electron chi connectivity index (χ2n) is 9.70. The van der Waals surface area contributed by atoms with Gasteiger partial charge < -0.3 is 20.3 Å². The van der Waals surface area contributed by atoms with Crippen LogP contribution in [0.25, 0.3) is 5.69 Å². The van der Waals surface area contributed by atoms with E-state index in [0.717, 1.165) is 12.1 Å². The van der Waals surface area contributed by atoms with E-state index in [1.807, 2.05) is 7.05 Å². The summed E-state index contributed by atoms with van der Waals surface area (Å²) in [5.74, 6) is -2.46. The zero-order valence-electron chi connectivity index (χ0n) is 22.8. The highest BCUT2D eigenvalue weighted by Gasteiger charge is 2.42. The number of nitrogens with zero attached hydrogens (tertiary/aromatic N) is 6. The van der Waals surface area contributed by atoms with Gasteiger partial charge in [0.05, 0.1) is 29.5 Å². The average molecular weight is 585 g/mol. The van der Waals surface area contributed by atoms with Crippen LogP contribution in [0.5, 0.6) is 11.5 Å². The largest absolute Gasteiger partial charge is 0.454 e. The third kappa shape index (κ3) is 6.19. The molecule has 42 heavy (non-hydrogen) atoms. The van der Waals surface area contributed by atoms with Crippen LogP contribution < -0.4 is 20.3 Å². The third-order valence-corrected chi connectivity index (χ3v) is 6.92. The molecule has 2 N–H and O–H groups in total. The van der Waals surface area contributed by atoms with Gasteiger partial charge in [0.15, 0.2) is 17.3 Å². The molecule has 10 nitrogen and oxygen atoms in total. The van der Waals surface area contributed by atoms with Gasteiger partial charge in [-0.1, -0.05) is 12.1 Å². The summed E-state index contributed by atoms with van der Waals surface area (Å²) >= 11 is 0. The van der Waals surface area contributed by atoms with Crippen molar-refractivity contribution in [3.8, 4) is 17.2 Å². The van der Waals surface area contributed by atoms with Crippen LogP contribution >= 0.6 is 0 Å². The van der Waals surface area contributed by atoms with E-state index in [-0.39, 0.29) is 41.9 Å². The number of alkyl halides is 3. The Kier molecular flexibility index (Phi) is 8.36. The van der Waals surface area contributed by atoms with Gasteiger partial charge in [-0.3, -0.25) is 9.69 Å². The third-order valence-electron chi connectivity index (χ3n) is 6.92. The van der Waals surface area contributed by atoms with E-state index >= 15 is 0 Å². The molecule has 5 rings (SSSR count). The van der Waals surface area contributed by atoms with Crippen molar-refractivity contribution in [2.45, 2.75) is 12.2 Å². The Morgan fingerprint density at radius 3 is 2.60 bits per heavy atom. The quantitative estimate of drug-likeness (QED) is 0.298. The van der Waals surface area contributed by atoms with Crippen molar-refractivity contribution in [3.05, 3.63) is 84.2 Å². The van der Waals surface area contributed by atoms with E-state index in [9.17, 15) is 22.4 Å². The number of anilines is 2. The number of likely N-dealkylation sites (N-methyl/N-ethyl adjacent to an activating group) is 2. The first-order valence-corrected chi connectivity index (χ1v) is 13.1. The van der Waals surface area contributed by atoms with Gasteiger partial charge in [-0.15, -0.1) is 0 Å². The minimum atomic E-state index is -4.91. The number of para-hydroxylation sites is 1. The van der Waals surface area contributed by atoms with Crippen LogP contribution in [0.15, 0.2) is 67.1 Å². The maximum absolute atomic E-state index is 14.9. The molecular formula is C28H28F4N8O2. The monoisotopic (exact) mass is 584 g/mol. The van der Waals surface area contributed by atoms with Crippen LogP contribution in [0.3, 0.4) is 0 Å². The minimum Gasteiger partial charge on any atom is -0.454 e. The number of nitrogens with one attached hydrogen (secondary N) is 2. The Hall–Kier alpha value is -4.56. The summed E-state index contributed by atoms with van der Waals surface area (Å²) in [6, 6.07) is 10.6. The Balaban J connectivity index is 1.57. The minimum absolute atomic E-state index is 0.0237. The molecule has 0 spiro atoms. The van der Waals surface area contributed by atoms with Crippen molar-refractivity contribution in [2.75, 3.05) is 50.5 Å². The smallest absolute Gasteiger partial charge is 0.422 e. The zero-order valence-corrected chi connectivity index (χ0v) is 22.8. The molecule has 2 aromatic carbocycles. The summed E-state index contributed by atoms with van der Waals surface area (Å²) in [6.45, 7) is 1.48. The fraction of sp³-hybridized carbons (Fsp3) is 0.286. The molecule has 4 aromatic rings. The number of ether oxygens (including phenoxy) is 1. The van der Waals surface area contributed by atoms with Gasteiger partial charge in [0.1, 0.15) is 11.3 Å². The van der Waals surface area contributed by atoms with Crippen LogP contribution in [0.2, 0.25) is 0 Å². The van der Waals surface area contributed by atoms with Gasteiger partial charge in [0.2, 0.25) is 0 Å². The highest BCUT2D eigenvalue weighted by Crippen LogP contribution is 2.48. The number of piperazine rings is 1. The molecule has 0 saturated carbocycles. The molecule has 14 heteroatoms. The molecule has 2 aromatic heterocycles. The SMILES string of the molecule is CNC[C@H]1CN(c2c(NC(=O)c3ccn(-c4ccnnc4)n3)ccc(Oc3ccccc3F)c2C(F)(F)F)CCN1C. The van der Waals surface area contributed by atoms with Crippen LogP contribution in [-0.2, 0) is 6.18 Å². The summed E-state index contributed by atoms with van der Waals surface area (Å²) in [6.07, 6.45) is -0.466. The summed E-state index contributed by atoms with van der Waals surface area (Å²) < 4.78 is 65.9. The molecule has 1 saturated heterocycles. The highest BCUT2D eigenvalue weighted by molar-refractivity contribution is 6.05. The molecule has 1 aliphatic rings. The van der Waals surface area contributed by atoms with E-state index in [0.29, 0.717) is 18.8 Å². The van der Waals surface area contributed by atoms with Crippen molar-refractivity contribution in [2.24, 2.45) is 0 Å². The number of halogens is 4. The standard InChI is InChI=1S/C28H28F4N8O2/c1-33-15-19-17-39(14-13-38(19)2)26-21(36-27(41)22-10-12-40(37-22)18-9-11-34-35-16-18)7-8-24(25(26)28(30,31)32)42-23-6-4-3-5-20(23)29/h3-12,16,19,33H,13-15,17H2,1-2H3,(H,36,41)/t19-/m0/s1. The van der Waals surface area contributed by atoms with Crippen LogP contribution in [-0.4, -0.2) is 77.1 Å². The molecule has 0 bridgehead atoms. The van der Waals surface area contributed by atoms with Gasteiger partial charge in [0.25, 0.3) is 5.91 Å². The van der Waals surface area contributed by atoms with E-state index in [4.69, 9.17) is 4.74 Å². The average Bonchev–Trinajstić information content (AvgIpc) is 3.47.